The monoisotopic (exact) mass is 427 g/mol. The van der Waals surface area contributed by atoms with Crippen molar-refractivity contribution in [3.63, 3.8) is 0 Å². The lowest BCUT2D eigenvalue weighted by molar-refractivity contribution is -0.144. The van der Waals surface area contributed by atoms with Crippen molar-refractivity contribution in [2.75, 3.05) is 47.1 Å². The smallest absolute Gasteiger partial charge is 0.331 e. The topological polar surface area (TPSA) is 129 Å². The largest absolute Gasteiger partial charge is 0.466 e. The third-order valence-corrected chi connectivity index (χ3v) is 4.45. The number of aliphatic hydroxyl groups excluding tert-OH is 1. The summed E-state index contributed by atoms with van der Waals surface area (Å²) in [6.45, 7) is 2.17. The van der Waals surface area contributed by atoms with Crippen LogP contribution in [0.15, 0.2) is 24.3 Å². The molecule has 0 aliphatic carbocycles. The summed E-state index contributed by atoms with van der Waals surface area (Å²) in [5.74, 6) is -3.08. The predicted molar refractivity (Wildman–Crippen MR) is 104 cm³/mol. The minimum Gasteiger partial charge on any atom is -0.466 e. The maximum Gasteiger partial charge on any atom is 0.331 e. The van der Waals surface area contributed by atoms with E-state index in [1.54, 1.807) is 0 Å². The molecular weight excluding hydrogens is 398 g/mol. The van der Waals surface area contributed by atoms with Crippen LogP contribution in [-0.4, -0.2) is 87.1 Å². The highest BCUT2D eigenvalue weighted by atomic mass is 16.5. The number of methoxy groups -OCH3 is 2. The molecule has 0 aromatic rings. The summed E-state index contributed by atoms with van der Waals surface area (Å²) in [5, 5.41) is 9.59. The molecule has 1 aliphatic heterocycles. The number of nitrogens with zero attached hydrogens (tertiary/aromatic N) is 1. The maximum absolute atomic E-state index is 11.7. The Morgan fingerprint density at radius 2 is 1.30 bits per heavy atom. The van der Waals surface area contributed by atoms with E-state index < -0.39 is 23.9 Å². The average Bonchev–Trinajstić information content (AvgIpc) is 2.76. The molecule has 0 unspecified atom stereocenters. The highest BCUT2D eigenvalue weighted by Crippen LogP contribution is 2.13. The predicted octanol–water partition coefficient (Wildman–Crippen LogP) is -0.00580. The fraction of sp³-hybridized carbons (Fsp3) is 0.600. The Hall–Kier alpha value is -2.72. The Morgan fingerprint density at radius 3 is 1.73 bits per heavy atom. The van der Waals surface area contributed by atoms with Gasteiger partial charge in [-0.25, -0.2) is 19.2 Å². The first-order valence-corrected chi connectivity index (χ1v) is 9.60. The van der Waals surface area contributed by atoms with Crippen LogP contribution in [0.4, 0.5) is 0 Å². The summed E-state index contributed by atoms with van der Waals surface area (Å²) < 4.78 is 19.1. The summed E-state index contributed by atoms with van der Waals surface area (Å²) in [7, 11) is 2.38. The van der Waals surface area contributed by atoms with Crippen LogP contribution >= 0.6 is 0 Å². The molecule has 0 radical (unpaired) electrons. The number of ether oxygens (including phenoxy) is 4. The molecule has 0 atom stereocenters. The first-order valence-electron chi connectivity index (χ1n) is 9.60. The highest BCUT2D eigenvalue weighted by Gasteiger charge is 2.20. The van der Waals surface area contributed by atoms with Crippen LogP contribution in [0.1, 0.15) is 19.3 Å². The van der Waals surface area contributed by atoms with Crippen molar-refractivity contribution >= 4 is 23.9 Å². The number of hydrogen-bond donors (Lipinski definition) is 1. The molecule has 168 valence electrons. The van der Waals surface area contributed by atoms with Crippen LogP contribution in [0.2, 0.25) is 0 Å². The lowest BCUT2D eigenvalue weighted by Crippen LogP contribution is -2.37. The lowest BCUT2D eigenvalue weighted by atomic mass is 10.0. The number of carbonyl (C=O) groups is 4. The summed E-state index contributed by atoms with van der Waals surface area (Å²) in [4.78, 5) is 47.7. The molecular formula is C20H29NO9. The summed E-state index contributed by atoms with van der Waals surface area (Å²) >= 11 is 0. The molecule has 0 aromatic heterocycles. The van der Waals surface area contributed by atoms with Gasteiger partial charge in [0.2, 0.25) is 0 Å². The SMILES string of the molecule is COC(=O)/C=C/C(=O)OCC(CCN1CCC(O)CC1)COC(=O)/C=C/C(=O)OC. The van der Waals surface area contributed by atoms with Crippen molar-refractivity contribution in [3.05, 3.63) is 24.3 Å². The number of hydrogen-bond acceptors (Lipinski definition) is 10. The Kier molecular flexibility index (Phi) is 12.1. The van der Waals surface area contributed by atoms with E-state index in [9.17, 15) is 24.3 Å². The van der Waals surface area contributed by atoms with Crippen LogP contribution in [0.25, 0.3) is 0 Å². The van der Waals surface area contributed by atoms with E-state index in [1.807, 2.05) is 0 Å². The second-order valence-electron chi connectivity index (χ2n) is 6.70. The van der Waals surface area contributed by atoms with E-state index in [2.05, 4.69) is 14.4 Å². The van der Waals surface area contributed by atoms with Crippen LogP contribution in [0.5, 0.6) is 0 Å². The van der Waals surface area contributed by atoms with Crippen LogP contribution < -0.4 is 0 Å². The van der Waals surface area contributed by atoms with Gasteiger partial charge in [0.25, 0.3) is 0 Å². The fourth-order valence-electron chi connectivity index (χ4n) is 2.63. The van der Waals surface area contributed by atoms with Crippen molar-refractivity contribution in [1.29, 1.82) is 0 Å². The zero-order valence-electron chi connectivity index (χ0n) is 17.3. The van der Waals surface area contributed by atoms with Crippen LogP contribution in [0, 0.1) is 5.92 Å². The second-order valence-corrected chi connectivity index (χ2v) is 6.70. The molecule has 0 aromatic carbocycles. The Morgan fingerprint density at radius 1 is 0.867 bits per heavy atom. The van der Waals surface area contributed by atoms with E-state index in [-0.39, 0.29) is 25.2 Å². The van der Waals surface area contributed by atoms with Gasteiger partial charge < -0.3 is 29.0 Å². The van der Waals surface area contributed by atoms with Crippen molar-refractivity contribution in [1.82, 2.24) is 4.90 Å². The van der Waals surface area contributed by atoms with E-state index >= 15 is 0 Å². The van der Waals surface area contributed by atoms with E-state index in [0.29, 0.717) is 25.8 Å². The van der Waals surface area contributed by atoms with Gasteiger partial charge in [0.1, 0.15) is 0 Å². The van der Waals surface area contributed by atoms with Crippen molar-refractivity contribution in [3.8, 4) is 0 Å². The number of esters is 4. The van der Waals surface area contributed by atoms with Crippen LogP contribution in [-0.2, 0) is 38.1 Å². The highest BCUT2D eigenvalue weighted by molar-refractivity contribution is 5.92. The van der Waals surface area contributed by atoms with E-state index in [1.165, 1.54) is 14.2 Å². The Labute approximate surface area is 175 Å². The molecule has 0 amide bonds. The normalized spacial score (nSPS) is 15.5. The van der Waals surface area contributed by atoms with Gasteiger partial charge in [-0.3, -0.25) is 0 Å². The third-order valence-electron chi connectivity index (χ3n) is 4.45. The Bertz CT molecular complexity index is 594. The minimum atomic E-state index is -0.719. The quantitative estimate of drug-likeness (QED) is 0.273. The molecule has 10 nitrogen and oxygen atoms in total. The van der Waals surface area contributed by atoms with E-state index in [0.717, 1.165) is 37.4 Å². The molecule has 1 N–H and O–H groups in total. The van der Waals surface area contributed by atoms with Crippen molar-refractivity contribution in [2.45, 2.75) is 25.4 Å². The molecule has 1 aliphatic rings. The first-order chi connectivity index (χ1) is 14.3. The lowest BCUT2D eigenvalue weighted by Gasteiger charge is -2.30. The number of carbonyl (C=O) groups excluding carboxylic acids is 4. The number of aliphatic hydroxyl groups is 1. The van der Waals surface area contributed by atoms with Gasteiger partial charge >= 0.3 is 23.9 Å². The maximum atomic E-state index is 11.7. The molecule has 1 heterocycles. The molecule has 30 heavy (non-hydrogen) atoms. The zero-order valence-corrected chi connectivity index (χ0v) is 17.3. The van der Waals surface area contributed by atoms with Crippen LogP contribution in [0.3, 0.4) is 0 Å². The van der Waals surface area contributed by atoms with Gasteiger partial charge in [0.15, 0.2) is 0 Å². The second kappa shape index (κ2) is 14.3. The summed E-state index contributed by atoms with van der Waals surface area (Å²) in [6, 6.07) is 0. The number of piperidine rings is 1. The molecule has 0 saturated carbocycles. The molecule has 1 rings (SSSR count). The molecule has 1 fully saturated rings. The molecule has 1 saturated heterocycles. The third kappa shape index (κ3) is 11.3. The van der Waals surface area contributed by atoms with Gasteiger partial charge in [0.05, 0.1) is 33.5 Å². The number of likely N-dealkylation sites (tertiary alicyclic amines) is 1. The standard InChI is InChI=1S/C20H29NO9/c1-27-17(23)3-5-19(25)29-13-15(7-10-21-11-8-16(22)9-12-21)14-30-20(26)6-4-18(24)28-2/h3-6,15-16,22H,7-14H2,1-2H3/b5-3+,6-4+. The Balaban J connectivity index is 2.54. The summed E-state index contributed by atoms with van der Waals surface area (Å²) in [5.41, 5.74) is 0. The van der Waals surface area contributed by atoms with Gasteiger partial charge in [-0.2, -0.15) is 0 Å². The fourth-order valence-corrected chi connectivity index (χ4v) is 2.63. The van der Waals surface area contributed by atoms with Crippen molar-refractivity contribution in [2.24, 2.45) is 5.92 Å². The van der Waals surface area contributed by atoms with Crippen molar-refractivity contribution < 1.29 is 43.2 Å². The van der Waals surface area contributed by atoms with E-state index in [4.69, 9.17) is 9.47 Å². The minimum absolute atomic E-state index is 0.0190. The van der Waals surface area contributed by atoms with Gasteiger partial charge in [0, 0.05) is 43.3 Å². The molecule has 10 heteroatoms. The van der Waals surface area contributed by atoms with Gasteiger partial charge in [-0.1, -0.05) is 0 Å². The number of rotatable bonds is 11. The first kappa shape index (κ1) is 25.3. The summed E-state index contributed by atoms with van der Waals surface area (Å²) in [6.07, 6.45) is 5.53. The molecule has 0 spiro atoms. The average molecular weight is 427 g/mol. The molecule has 0 bridgehead atoms. The zero-order chi connectivity index (χ0) is 22.4. The van der Waals surface area contributed by atoms with Gasteiger partial charge in [-0.15, -0.1) is 0 Å². The van der Waals surface area contributed by atoms with Gasteiger partial charge in [-0.05, 0) is 25.8 Å².